The van der Waals surface area contributed by atoms with Crippen molar-refractivity contribution in [2.24, 2.45) is 0 Å². The smallest absolute Gasteiger partial charge is 0.232 e. The number of hydrogen-bond acceptors (Lipinski definition) is 7. The molecule has 3 heterocycles. The van der Waals surface area contributed by atoms with Crippen LogP contribution in [0.25, 0.3) is 22.4 Å². The Labute approximate surface area is 164 Å². The van der Waals surface area contributed by atoms with Gasteiger partial charge in [0, 0.05) is 34.8 Å². The van der Waals surface area contributed by atoms with E-state index in [0.29, 0.717) is 28.3 Å². The Hall–Kier alpha value is -3.07. The van der Waals surface area contributed by atoms with E-state index in [-0.39, 0.29) is 11.7 Å². The number of hydrogen-bond donors (Lipinski definition) is 2. The largest absolute Gasteiger partial charge is 0.368 e. The number of nitrogens with one attached hydrogen (secondary N) is 1. The van der Waals surface area contributed by atoms with E-state index in [1.54, 1.807) is 32.3 Å². The summed E-state index contributed by atoms with van der Waals surface area (Å²) in [6.45, 7) is 7.06. The Bertz CT molecular complexity index is 1150. The molecular formula is C19H22N6O2S. The van der Waals surface area contributed by atoms with Crippen LogP contribution in [0.3, 0.4) is 0 Å². The molecule has 0 aromatic carbocycles. The summed E-state index contributed by atoms with van der Waals surface area (Å²) in [5, 5.41) is 0. The number of nitrogens with zero attached hydrogens (tertiary/aromatic N) is 4. The minimum atomic E-state index is -3.43. The average molecular weight is 398 g/mol. The molecule has 0 unspecified atom stereocenters. The zero-order valence-corrected chi connectivity index (χ0v) is 17.0. The molecule has 3 aromatic rings. The van der Waals surface area contributed by atoms with Gasteiger partial charge < -0.3 is 5.73 Å². The van der Waals surface area contributed by atoms with Crippen LogP contribution in [0.2, 0.25) is 0 Å². The van der Waals surface area contributed by atoms with E-state index < -0.39 is 10.0 Å². The van der Waals surface area contributed by atoms with Gasteiger partial charge in [0.15, 0.2) is 0 Å². The van der Waals surface area contributed by atoms with E-state index in [1.165, 1.54) is 0 Å². The minimum Gasteiger partial charge on any atom is -0.368 e. The van der Waals surface area contributed by atoms with Gasteiger partial charge in [0.1, 0.15) is 0 Å². The molecule has 3 aromatic heterocycles. The van der Waals surface area contributed by atoms with Crippen LogP contribution in [-0.2, 0) is 10.0 Å². The quantitative estimate of drug-likeness (QED) is 0.677. The second-order valence-electron chi connectivity index (χ2n) is 6.44. The highest BCUT2D eigenvalue weighted by atomic mass is 32.2. The van der Waals surface area contributed by atoms with Crippen LogP contribution in [0.5, 0.6) is 0 Å². The fourth-order valence-electron chi connectivity index (χ4n) is 2.85. The number of rotatable bonds is 5. The molecule has 0 saturated carbocycles. The Morgan fingerprint density at radius 1 is 1.04 bits per heavy atom. The summed E-state index contributed by atoms with van der Waals surface area (Å²) in [6.07, 6.45) is 3.38. The van der Waals surface area contributed by atoms with Crippen LogP contribution >= 0.6 is 0 Å². The van der Waals surface area contributed by atoms with Crippen molar-refractivity contribution in [2.75, 3.05) is 16.2 Å². The van der Waals surface area contributed by atoms with Gasteiger partial charge in [-0.15, -0.1) is 0 Å². The molecule has 3 N–H and O–H groups in total. The van der Waals surface area contributed by atoms with Gasteiger partial charge in [-0.05, 0) is 45.9 Å². The molecule has 146 valence electrons. The second kappa shape index (κ2) is 7.51. The normalized spacial score (nSPS) is 11.4. The fourth-order valence-corrected chi connectivity index (χ4v) is 3.54. The maximum absolute atomic E-state index is 12.0. The van der Waals surface area contributed by atoms with Crippen LogP contribution in [0, 0.1) is 20.8 Å². The first-order chi connectivity index (χ1) is 13.2. The molecule has 0 amide bonds. The maximum atomic E-state index is 12.0. The molecule has 0 atom stereocenters. The maximum Gasteiger partial charge on any atom is 0.232 e. The first-order valence-corrected chi connectivity index (χ1v) is 10.4. The Morgan fingerprint density at radius 2 is 1.79 bits per heavy atom. The van der Waals surface area contributed by atoms with Gasteiger partial charge in [0.05, 0.1) is 28.5 Å². The summed E-state index contributed by atoms with van der Waals surface area (Å²) in [6, 6.07) is 5.50. The van der Waals surface area contributed by atoms with Crippen LogP contribution in [-0.4, -0.2) is 34.1 Å². The number of nitrogens with two attached hydrogens (primary N) is 1. The predicted molar refractivity (Wildman–Crippen MR) is 110 cm³/mol. The standard InChI is InChI=1S/C19H22N6O2S/c1-5-28(26,27)25-16-9-15(10-22-12(16)3)17-13(4)23-19(20)24-18(17)14-6-7-21-11(2)8-14/h6-10,25H,5H2,1-4H3,(H2,20,23,24). The Morgan fingerprint density at radius 3 is 2.46 bits per heavy atom. The highest BCUT2D eigenvalue weighted by molar-refractivity contribution is 7.92. The van der Waals surface area contributed by atoms with Gasteiger partial charge >= 0.3 is 0 Å². The van der Waals surface area contributed by atoms with Crippen molar-refractivity contribution < 1.29 is 8.42 Å². The van der Waals surface area contributed by atoms with E-state index >= 15 is 0 Å². The van der Waals surface area contributed by atoms with Crippen LogP contribution in [0.1, 0.15) is 24.0 Å². The molecule has 0 bridgehead atoms. The van der Waals surface area contributed by atoms with E-state index in [1.807, 2.05) is 26.0 Å². The van der Waals surface area contributed by atoms with Gasteiger partial charge in [-0.3, -0.25) is 14.7 Å². The van der Waals surface area contributed by atoms with Crippen LogP contribution in [0.15, 0.2) is 30.6 Å². The lowest BCUT2D eigenvalue weighted by molar-refractivity contribution is 0.602. The topological polar surface area (TPSA) is 124 Å². The van der Waals surface area contributed by atoms with Crippen LogP contribution in [0.4, 0.5) is 11.6 Å². The number of pyridine rings is 2. The lowest BCUT2D eigenvalue weighted by Gasteiger charge is -2.15. The molecule has 0 spiro atoms. The predicted octanol–water partition coefficient (Wildman–Crippen LogP) is 2.87. The fraction of sp³-hybridized carbons (Fsp3) is 0.263. The molecular weight excluding hydrogens is 376 g/mol. The van der Waals surface area contributed by atoms with Crippen molar-refractivity contribution in [2.45, 2.75) is 27.7 Å². The van der Waals surface area contributed by atoms with Crippen molar-refractivity contribution in [3.8, 4) is 22.4 Å². The van der Waals surface area contributed by atoms with Crippen molar-refractivity contribution >= 4 is 21.7 Å². The highest BCUT2D eigenvalue weighted by Gasteiger charge is 2.18. The zero-order valence-electron chi connectivity index (χ0n) is 16.2. The molecule has 0 saturated heterocycles. The van der Waals surface area contributed by atoms with E-state index in [2.05, 4.69) is 24.7 Å². The molecule has 3 rings (SSSR count). The summed E-state index contributed by atoms with van der Waals surface area (Å²) in [4.78, 5) is 17.3. The van der Waals surface area contributed by atoms with E-state index in [9.17, 15) is 8.42 Å². The van der Waals surface area contributed by atoms with Gasteiger partial charge in [-0.1, -0.05) is 0 Å². The molecule has 0 aliphatic carbocycles. The van der Waals surface area contributed by atoms with Crippen LogP contribution < -0.4 is 10.5 Å². The molecule has 0 aliphatic heterocycles. The summed E-state index contributed by atoms with van der Waals surface area (Å²) >= 11 is 0. The highest BCUT2D eigenvalue weighted by Crippen LogP contribution is 2.34. The molecule has 28 heavy (non-hydrogen) atoms. The second-order valence-corrected chi connectivity index (χ2v) is 8.45. The number of aryl methyl sites for hydroxylation is 3. The Kier molecular flexibility index (Phi) is 5.28. The number of anilines is 2. The molecule has 8 nitrogen and oxygen atoms in total. The third kappa shape index (κ3) is 4.09. The van der Waals surface area contributed by atoms with Gasteiger partial charge in [0.25, 0.3) is 0 Å². The molecule has 0 radical (unpaired) electrons. The molecule has 0 fully saturated rings. The third-order valence-corrected chi connectivity index (χ3v) is 5.59. The van der Waals surface area contributed by atoms with Crippen molar-refractivity contribution in [3.63, 3.8) is 0 Å². The van der Waals surface area contributed by atoms with Gasteiger partial charge in [-0.25, -0.2) is 18.4 Å². The lowest BCUT2D eigenvalue weighted by atomic mass is 9.98. The van der Waals surface area contributed by atoms with E-state index in [4.69, 9.17) is 5.73 Å². The molecule has 0 aliphatic rings. The minimum absolute atomic E-state index is 0.0256. The summed E-state index contributed by atoms with van der Waals surface area (Å²) in [7, 11) is -3.43. The third-order valence-electron chi connectivity index (χ3n) is 4.30. The lowest BCUT2D eigenvalue weighted by Crippen LogP contribution is -2.15. The summed E-state index contributed by atoms with van der Waals surface area (Å²) in [5.41, 5.74) is 11.3. The Balaban J connectivity index is 2.22. The first kappa shape index (κ1) is 19.7. The summed E-state index contributed by atoms with van der Waals surface area (Å²) < 4.78 is 26.6. The van der Waals surface area contributed by atoms with Crippen molar-refractivity contribution in [1.29, 1.82) is 0 Å². The first-order valence-electron chi connectivity index (χ1n) is 8.75. The van der Waals surface area contributed by atoms with Gasteiger partial charge in [-0.2, -0.15) is 0 Å². The number of nitrogen functional groups attached to an aromatic ring is 1. The number of sulfonamides is 1. The van der Waals surface area contributed by atoms with E-state index in [0.717, 1.165) is 16.8 Å². The number of aromatic nitrogens is 4. The SMILES string of the molecule is CCS(=O)(=O)Nc1cc(-c2c(C)nc(N)nc2-c2ccnc(C)c2)cnc1C. The summed E-state index contributed by atoms with van der Waals surface area (Å²) in [5.74, 6) is 0.139. The van der Waals surface area contributed by atoms with Crippen molar-refractivity contribution in [1.82, 2.24) is 19.9 Å². The average Bonchev–Trinajstić information content (AvgIpc) is 2.63. The zero-order chi connectivity index (χ0) is 20.5. The molecule has 9 heteroatoms. The van der Waals surface area contributed by atoms with Gasteiger partial charge in [0.2, 0.25) is 16.0 Å². The monoisotopic (exact) mass is 398 g/mol. The van der Waals surface area contributed by atoms with Crippen molar-refractivity contribution in [3.05, 3.63) is 47.7 Å².